The van der Waals surface area contributed by atoms with Gasteiger partial charge in [0.15, 0.2) is 5.58 Å². The van der Waals surface area contributed by atoms with Gasteiger partial charge in [-0.2, -0.15) is 0 Å². The Hall–Kier alpha value is -2.76. The molecule has 0 aliphatic rings. The molecule has 1 heterocycles. The molecular formula is C16H15FN2O3. The number of oxazole rings is 1. The smallest absolute Gasteiger partial charge is 0.419 e. The molecule has 0 saturated heterocycles. The zero-order valence-electron chi connectivity index (χ0n) is 12.0. The Labute approximate surface area is 125 Å². The van der Waals surface area contributed by atoms with Crippen LogP contribution in [-0.2, 0) is 7.05 Å². The molecule has 0 fully saturated rings. The highest BCUT2D eigenvalue weighted by atomic mass is 19.1. The van der Waals surface area contributed by atoms with Crippen LogP contribution in [0.1, 0.15) is 0 Å². The van der Waals surface area contributed by atoms with Crippen LogP contribution in [0.5, 0.6) is 5.75 Å². The summed E-state index contributed by atoms with van der Waals surface area (Å²) in [5, 5.41) is 3.18. The SMILES string of the molecule is Cn1c(=O)oc2ccc(NCCOc3cccc(F)c3)cc21. The summed E-state index contributed by atoms with van der Waals surface area (Å²) in [4.78, 5) is 11.4. The Kier molecular flexibility index (Phi) is 3.82. The Balaban J connectivity index is 1.60. The molecule has 0 aliphatic carbocycles. The molecule has 0 spiro atoms. The number of fused-ring (bicyclic) bond motifs is 1. The summed E-state index contributed by atoms with van der Waals surface area (Å²) in [6.45, 7) is 0.944. The number of ether oxygens (including phenoxy) is 1. The van der Waals surface area contributed by atoms with Gasteiger partial charge in [0.25, 0.3) is 0 Å². The van der Waals surface area contributed by atoms with Crippen LogP contribution in [-0.4, -0.2) is 17.7 Å². The minimum atomic E-state index is -0.387. The van der Waals surface area contributed by atoms with Crippen molar-refractivity contribution in [3.63, 3.8) is 0 Å². The number of nitrogens with one attached hydrogen (secondary N) is 1. The lowest BCUT2D eigenvalue weighted by Gasteiger charge is -2.08. The first-order valence-electron chi connectivity index (χ1n) is 6.85. The molecule has 3 rings (SSSR count). The molecule has 0 unspecified atom stereocenters. The second-order valence-corrected chi connectivity index (χ2v) is 4.84. The highest BCUT2D eigenvalue weighted by molar-refractivity contribution is 5.77. The average Bonchev–Trinajstić information content (AvgIpc) is 2.79. The molecule has 0 saturated carbocycles. The number of rotatable bonds is 5. The van der Waals surface area contributed by atoms with Gasteiger partial charge in [0.2, 0.25) is 0 Å². The van der Waals surface area contributed by atoms with Crippen LogP contribution in [0.2, 0.25) is 0 Å². The lowest BCUT2D eigenvalue weighted by molar-refractivity contribution is 0.331. The number of halogens is 1. The van der Waals surface area contributed by atoms with E-state index in [0.717, 1.165) is 11.2 Å². The molecule has 0 radical (unpaired) electrons. The lowest BCUT2D eigenvalue weighted by atomic mass is 10.3. The van der Waals surface area contributed by atoms with Crippen molar-refractivity contribution in [2.24, 2.45) is 7.05 Å². The fraction of sp³-hybridized carbons (Fsp3) is 0.188. The van der Waals surface area contributed by atoms with Crippen molar-refractivity contribution >= 4 is 16.8 Å². The van der Waals surface area contributed by atoms with Crippen LogP contribution in [0.3, 0.4) is 0 Å². The van der Waals surface area contributed by atoms with E-state index in [4.69, 9.17) is 9.15 Å². The van der Waals surface area contributed by atoms with Crippen molar-refractivity contribution in [1.29, 1.82) is 0 Å². The molecule has 5 nitrogen and oxygen atoms in total. The van der Waals surface area contributed by atoms with Crippen LogP contribution < -0.4 is 15.8 Å². The van der Waals surface area contributed by atoms with E-state index in [1.807, 2.05) is 12.1 Å². The van der Waals surface area contributed by atoms with Gasteiger partial charge in [0.05, 0.1) is 5.52 Å². The van der Waals surface area contributed by atoms with Gasteiger partial charge in [-0.3, -0.25) is 4.57 Å². The van der Waals surface area contributed by atoms with E-state index < -0.39 is 0 Å². The van der Waals surface area contributed by atoms with Gasteiger partial charge in [0.1, 0.15) is 18.2 Å². The van der Waals surface area contributed by atoms with Crippen molar-refractivity contribution in [3.8, 4) is 5.75 Å². The Morgan fingerprint density at radius 2 is 2.14 bits per heavy atom. The summed E-state index contributed by atoms with van der Waals surface area (Å²) in [5.74, 6) is -0.215. The van der Waals surface area contributed by atoms with Gasteiger partial charge >= 0.3 is 5.76 Å². The minimum Gasteiger partial charge on any atom is -0.492 e. The van der Waals surface area contributed by atoms with E-state index >= 15 is 0 Å². The Morgan fingerprint density at radius 1 is 1.27 bits per heavy atom. The summed E-state index contributed by atoms with van der Waals surface area (Å²) in [5.41, 5.74) is 2.13. The average molecular weight is 302 g/mol. The van der Waals surface area contributed by atoms with Gasteiger partial charge in [0, 0.05) is 25.3 Å². The van der Waals surface area contributed by atoms with E-state index in [9.17, 15) is 9.18 Å². The summed E-state index contributed by atoms with van der Waals surface area (Å²) >= 11 is 0. The van der Waals surface area contributed by atoms with Crippen LogP contribution in [0.15, 0.2) is 51.7 Å². The second-order valence-electron chi connectivity index (χ2n) is 4.84. The number of nitrogens with zero attached hydrogens (tertiary/aromatic N) is 1. The zero-order chi connectivity index (χ0) is 15.5. The van der Waals surface area contributed by atoms with Crippen LogP contribution >= 0.6 is 0 Å². The van der Waals surface area contributed by atoms with E-state index in [0.29, 0.717) is 24.5 Å². The van der Waals surface area contributed by atoms with Crippen molar-refractivity contribution in [2.45, 2.75) is 0 Å². The first kappa shape index (κ1) is 14.2. The quantitative estimate of drug-likeness (QED) is 0.736. The van der Waals surface area contributed by atoms with Crippen molar-refractivity contribution in [2.75, 3.05) is 18.5 Å². The van der Waals surface area contributed by atoms with Gasteiger partial charge < -0.3 is 14.5 Å². The predicted molar refractivity (Wildman–Crippen MR) is 81.8 cm³/mol. The monoisotopic (exact) mass is 302 g/mol. The third-order valence-electron chi connectivity index (χ3n) is 3.29. The first-order valence-corrected chi connectivity index (χ1v) is 6.85. The standard InChI is InChI=1S/C16H15FN2O3/c1-19-14-10-12(5-6-15(14)22-16(19)20)18-7-8-21-13-4-2-3-11(17)9-13/h2-6,9-10,18H,7-8H2,1H3. The molecular weight excluding hydrogens is 287 g/mol. The lowest BCUT2D eigenvalue weighted by Crippen LogP contribution is -2.12. The molecule has 6 heteroatoms. The largest absolute Gasteiger partial charge is 0.492 e. The summed E-state index contributed by atoms with van der Waals surface area (Å²) in [6.07, 6.45) is 0. The van der Waals surface area contributed by atoms with Crippen LogP contribution in [0.4, 0.5) is 10.1 Å². The Morgan fingerprint density at radius 3 is 2.95 bits per heavy atom. The molecule has 0 amide bonds. The fourth-order valence-corrected chi connectivity index (χ4v) is 2.16. The molecule has 0 bridgehead atoms. The van der Waals surface area contributed by atoms with Gasteiger partial charge in [-0.25, -0.2) is 9.18 Å². The van der Waals surface area contributed by atoms with Gasteiger partial charge in [-0.05, 0) is 30.3 Å². The highest BCUT2D eigenvalue weighted by Crippen LogP contribution is 2.17. The van der Waals surface area contributed by atoms with Crippen LogP contribution in [0, 0.1) is 5.82 Å². The van der Waals surface area contributed by atoms with Crippen molar-refractivity contribution < 1.29 is 13.5 Å². The molecule has 114 valence electrons. The summed E-state index contributed by atoms with van der Waals surface area (Å²) < 4.78 is 25.0. The van der Waals surface area contributed by atoms with Gasteiger partial charge in [-0.1, -0.05) is 6.07 Å². The molecule has 0 atom stereocenters. The maximum atomic E-state index is 13.0. The summed E-state index contributed by atoms with van der Waals surface area (Å²) in [7, 11) is 1.66. The molecule has 0 aliphatic heterocycles. The number of aromatic nitrogens is 1. The normalized spacial score (nSPS) is 10.8. The Bertz CT molecular complexity index is 854. The van der Waals surface area contributed by atoms with Crippen molar-refractivity contribution in [1.82, 2.24) is 4.57 Å². The topological polar surface area (TPSA) is 56.4 Å². The van der Waals surface area contributed by atoms with Gasteiger partial charge in [-0.15, -0.1) is 0 Å². The fourth-order valence-electron chi connectivity index (χ4n) is 2.16. The molecule has 1 aromatic heterocycles. The number of anilines is 1. The second kappa shape index (κ2) is 5.93. The third-order valence-corrected chi connectivity index (χ3v) is 3.29. The third kappa shape index (κ3) is 2.95. The zero-order valence-corrected chi connectivity index (χ0v) is 12.0. The molecule has 22 heavy (non-hydrogen) atoms. The first-order chi connectivity index (χ1) is 10.6. The van der Waals surface area contributed by atoms with E-state index in [1.165, 1.54) is 16.7 Å². The number of hydrogen-bond acceptors (Lipinski definition) is 4. The predicted octanol–water partition coefficient (Wildman–Crippen LogP) is 2.76. The number of benzene rings is 2. The number of aryl methyl sites for hydroxylation is 1. The summed E-state index contributed by atoms with van der Waals surface area (Å²) in [6, 6.07) is 11.4. The van der Waals surface area contributed by atoms with E-state index in [2.05, 4.69) is 5.32 Å². The van der Waals surface area contributed by atoms with Crippen LogP contribution in [0.25, 0.3) is 11.1 Å². The molecule has 2 aromatic carbocycles. The highest BCUT2D eigenvalue weighted by Gasteiger charge is 2.06. The minimum absolute atomic E-state index is 0.322. The van der Waals surface area contributed by atoms with E-state index in [1.54, 1.807) is 25.2 Å². The van der Waals surface area contributed by atoms with Crippen molar-refractivity contribution in [3.05, 3.63) is 58.8 Å². The molecule has 3 aromatic rings. The number of hydrogen-bond donors (Lipinski definition) is 1. The van der Waals surface area contributed by atoms with E-state index in [-0.39, 0.29) is 11.6 Å². The maximum absolute atomic E-state index is 13.0. The maximum Gasteiger partial charge on any atom is 0.419 e. The molecule has 1 N–H and O–H groups in total.